The number of pyridine rings is 1. The van der Waals surface area contributed by atoms with E-state index >= 15 is 0 Å². The number of hydrogen-bond donors (Lipinski definition) is 1. The van der Waals surface area contributed by atoms with Crippen LogP contribution < -0.4 is 15.5 Å². The van der Waals surface area contributed by atoms with Crippen LogP contribution in [0.1, 0.15) is 31.3 Å². The van der Waals surface area contributed by atoms with Gasteiger partial charge in [0.2, 0.25) is 11.9 Å². The van der Waals surface area contributed by atoms with Crippen molar-refractivity contribution in [3.63, 3.8) is 0 Å². The average molecular weight is 445 g/mol. The minimum Gasteiger partial charge on any atom is -0.384 e. The number of nitrogen functional groups attached to an aromatic ring is 1. The topological polar surface area (TPSA) is 103 Å². The molecule has 6 rings (SSSR count). The number of morpholine rings is 1. The fourth-order valence-electron chi connectivity index (χ4n) is 5.80. The number of alkyl halides is 2. The van der Waals surface area contributed by atoms with Crippen LogP contribution in [0.25, 0.3) is 11.4 Å². The Morgan fingerprint density at radius 3 is 2.72 bits per heavy atom. The first-order valence-electron chi connectivity index (χ1n) is 11.1. The molecule has 9 nitrogen and oxygen atoms in total. The lowest BCUT2D eigenvalue weighted by Crippen LogP contribution is -2.69. The van der Waals surface area contributed by atoms with E-state index in [1.54, 1.807) is 0 Å². The van der Waals surface area contributed by atoms with E-state index in [0.717, 1.165) is 25.9 Å². The van der Waals surface area contributed by atoms with E-state index in [4.69, 9.17) is 20.2 Å². The van der Waals surface area contributed by atoms with Crippen LogP contribution in [0.3, 0.4) is 0 Å². The van der Waals surface area contributed by atoms with Gasteiger partial charge in [-0.15, -0.1) is 0 Å². The molecule has 4 aliphatic rings. The van der Waals surface area contributed by atoms with Crippen molar-refractivity contribution in [1.29, 1.82) is 0 Å². The third kappa shape index (κ3) is 2.94. The van der Waals surface area contributed by atoms with Crippen molar-refractivity contribution in [2.45, 2.75) is 37.8 Å². The average Bonchev–Trinajstić information content (AvgIpc) is 3.34. The lowest BCUT2D eigenvalue weighted by molar-refractivity contribution is 0.108. The Morgan fingerprint density at radius 2 is 1.91 bits per heavy atom. The Morgan fingerprint density at radius 1 is 1.09 bits per heavy atom. The molecular formula is C21H25F2N7O2. The fourth-order valence-corrected chi connectivity index (χ4v) is 5.80. The van der Waals surface area contributed by atoms with Gasteiger partial charge in [-0.2, -0.15) is 15.0 Å². The van der Waals surface area contributed by atoms with Crippen LogP contribution >= 0.6 is 0 Å². The standard InChI is InChI=1S/C21H25F2N7O2/c22-17(23)12-8-16(24)25-9-13(12)18-26-19(29-4-6-31-7-5-29)28-20(27-18)30-14-2-1-3-21(14)11-32-10-15(21)30/h8-9,14-15,17H,1-7,10-11H2,(H2,24,25). The lowest BCUT2D eigenvalue weighted by atomic mass is 9.69. The van der Waals surface area contributed by atoms with Crippen LogP contribution in [0.15, 0.2) is 12.3 Å². The zero-order valence-electron chi connectivity index (χ0n) is 17.6. The maximum absolute atomic E-state index is 13.8. The van der Waals surface area contributed by atoms with Crippen molar-refractivity contribution < 1.29 is 18.3 Å². The highest BCUT2D eigenvalue weighted by Gasteiger charge is 2.66. The van der Waals surface area contributed by atoms with Crippen LogP contribution in [0, 0.1) is 5.41 Å². The SMILES string of the molecule is Nc1cc(C(F)F)c(-c2nc(N3CCOCC3)nc(N3C4CCCC45COCC35)n2)cn1. The second-order valence-corrected chi connectivity index (χ2v) is 8.93. The fraction of sp³-hybridized carbons (Fsp3) is 0.619. The van der Waals surface area contributed by atoms with E-state index in [1.807, 2.05) is 4.90 Å². The van der Waals surface area contributed by atoms with Crippen LogP contribution in [-0.2, 0) is 9.47 Å². The molecule has 2 aromatic rings. The molecule has 3 atom stereocenters. The number of aromatic nitrogens is 4. The third-order valence-corrected chi connectivity index (χ3v) is 7.33. The number of hydrogen-bond acceptors (Lipinski definition) is 9. The highest BCUT2D eigenvalue weighted by Crippen LogP contribution is 2.58. The third-order valence-electron chi connectivity index (χ3n) is 7.33. The molecule has 0 radical (unpaired) electrons. The van der Waals surface area contributed by atoms with Gasteiger partial charge in [-0.3, -0.25) is 0 Å². The van der Waals surface area contributed by atoms with Crippen LogP contribution in [0.5, 0.6) is 0 Å². The molecule has 32 heavy (non-hydrogen) atoms. The molecule has 170 valence electrons. The first kappa shape index (κ1) is 20.0. The summed E-state index contributed by atoms with van der Waals surface area (Å²) in [6.45, 7) is 3.79. The quantitative estimate of drug-likeness (QED) is 0.757. The summed E-state index contributed by atoms with van der Waals surface area (Å²) in [5, 5.41) is 0. The maximum atomic E-state index is 13.8. The summed E-state index contributed by atoms with van der Waals surface area (Å²) in [4.78, 5) is 22.3. The van der Waals surface area contributed by atoms with E-state index in [9.17, 15) is 8.78 Å². The monoisotopic (exact) mass is 445 g/mol. The van der Waals surface area contributed by atoms with Crippen molar-refractivity contribution >= 4 is 17.7 Å². The molecule has 5 heterocycles. The second-order valence-electron chi connectivity index (χ2n) is 8.93. The molecule has 3 aliphatic heterocycles. The molecule has 3 unspecified atom stereocenters. The second kappa shape index (κ2) is 7.45. The van der Waals surface area contributed by atoms with Gasteiger partial charge in [-0.05, 0) is 18.9 Å². The lowest BCUT2D eigenvalue weighted by Gasteiger charge is -2.56. The van der Waals surface area contributed by atoms with Gasteiger partial charge in [0.25, 0.3) is 6.43 Å². The summed E-state index contributed by atoms with van der Waals surface area (Å²) in [6.07, 6.45) is 1.95. The van der Waals surface area contributed by atoms with Crippen LogP contribution in [-0.4, -0.2) is 71.5 Å². The van der Waals surface area contributed by atoms with Crippen molar-refractivity contribution in [3.8, 4) is 11.4 Å². The molecule has 2 N–H and O–H groups in total. The Balaban J connectivity index is 1.46. The Bertz CT molecular complexity index is 1010. The maximum Gasteiger partial charge on any atom is 0.264 e. The Labute approximate surface area is 184 Å². The smallest absolute Gasteiger partial charge is 0.264 e. The molecule has 1 spiro atoms. The van der Waals surface area contributed by atoms with Gasteiger partial charge >= 0.3 is 0 Å². The van der Waals surface area contributed by atoms with Gasteiger partial charge < -0.3 is 25.0 Å². The Kier molecular flexibility index (Phi) is 4.65. The van der Waals surface area contributed by atoms with E-state index in [1.165, 1.54) is 12.3 Å². The largest absolute Gasteiger partial charge is 0.384 e. The summed E-state index contributed by atoms with van der Waals surface area (Å²) in [6, 6.07) is 1.71. The number of nitrogens with two attached hydrogens (primary N) is 1. The summed E-state index contributed by atoms with van der Waals surface area (Å²) < 4.78 is 39.0. The molecule has 4 fully saturated rings. The van der Waals surface area contributed by atoms with Crippen molar-refractivity contribution in [2.24, 2.45) is 5.41 Å². The normalized spacial score (nSPS) is 29.2. The summed E-state index contributed by atoms with van der Waals surface area (Å²) >= 11 is 0. The minimum absolute atomic E-state index is 0.0355. The number of anilines is 3. The molecule has 1 saturated carbocycles. The van der Waals surface area contributed by atoms with Gasteiger partial charge in [-0.1, -0.05) is 6.42 Å². The van der Waals surface area contributed by atoms with Gasteiger partial charge in [0, 0.05) is 41.9 Å². The zero-order valence-corrected chi connectivity index (χ0v) is 17.6. The van der Waals surface area contributed by atoms with Crippen molar-refractivity contribution in [2.75, 3.05) is 55.1 Å². The first-order valence-corrected chi connectivity index (χ1v) is 11.1. The Hall–Kier alpha value is -2.66. The highest BCUT2D eigenvalue weighted by molar-refractivity contribution is 5.65. The molecule has 1 aliphatic carbocycles. The van der Waals surface area contributed by atoms with E-state index in [2.05, 4.69) is 19.9 Å². The van der Waals surface area contributed by atoms with Crippen molar-refractivity contribution in [1.82, 2.24) is 19.9 Å². The van der Waals surface area contributed by atoms with Crippen molar-refractivity contribution in [3.05, 3.63) is 17.8 Å². The first-order chi connectivity index (χ1) is 15.6. The predicted octanol–water partition coefficient (Wildman–Crippen LogP) is 2.05. The van der Waals surface area contributed by atoms with Gasteiger partial charge in [0.1, 0.15) is 5.82 Å². The van der Waals surface area contributed by atoms with Crippen LogP contribution in [0.2, 0.25) is 0 Å². The summed E-state index contributed by atoms with van der Waals surface area (Å²) in [7, 11) is 0. The molecule has 11 heteroatoms. The van der Waals surface area contributed by atoms with Gasteiger partial charge in [0.15, 0.2) is 5.82 Å². The van der Waals surface area contributed by atoms with E-state index in [0.29, 0.717) is 50.8 Å². The number of halogens is 2. The number of nitrogens with zero attached hydrogens (tertiary/aromatic N) is 6. The highest BCUT2D eigenvalue weighted by atomic mass is 19.3. The zero-order chi connectivity index (χ0) is 21.9. The summed E-state index contributed by atoms with van der Waals surface area (Å²) in [5.41, 5.74) is 5.79. The number of ether oxygens (including phenoxy) is 2. The molecule has 0 amide bonds. The molecular weight excluding hydrogens is 420 g/mol. The van der Waals surface area contributed by atoms with E-state index < -0.39 is 6.43 Å². The molecule has 0 aromatic carbocycles. The van der Waals surface area contributed by atoms with Gasteiger partial charge in [-0.25, -0.2) is 13.8 Å². The molecule has 0 bridgehead atoms. The summed E-state index contributed by atoms with van der Waals surface area (Å²) in [5.74, 6) is 1.22. The number of rotatable bonds is 4. The minimum atomic E-state index is -2.72. The molecule has 3 saturated heterocycles. The van der Waals surface area contributed by atoms with E-state index in [-0.39, 0.29) is 34.2 Å². The molecule has 2 aromatic heterocycles. The van der Waals surface area contributed by atoms with Crippen LogP contribution in [0.4, 0.5) is 26.5 Å². The van der Waals surface area contributed by atoms with Gasteiger partial charge in [0.05, 0.1) is 32.5 Å². The predicted molar refractivity (Wildman–Crippen MR) is 113 cm³/mol.